The van der Waals surface area contributed by atoms with Crippen molar-refractivity contribution in [2.24, 2.45) is 10.4 Å². The number of allylic oxidation sites excluding steroid dienone is 1. The monoisotopic (exact) mass is 338 g/mol. The largest absolute Gasteiger partial charge is 0.480 e. The highest BCUT2D eigenvalue weighted by atomic mass is 35.5. The van der Waals surface area contributed by atoms with Crippen molar-refractivity contribution in [1.82, 2.24) is 0 Å². The number of aliphatic imine (C=N–C) groups is 1. The number of rotatable bonds is 5. The Bertz CT molecular complexity index is 672. The minimum atomic E-state index is -2.47. The summed E-state index contributed by atoms with van der Waals surface area (Å²) in [6.07, 6.45) is 2.80. The van der Waals surface area contributed by atoms with Crippen molar-refractivity contribution in [2.45, 2.75) is 32.2 Å². The molecule has 0 radical (unpaired) electrons. The van der Waals surface area contributed by atoms with Crippen LogP contribution in [0.1, 0.15) is 18.9 Å². The molecular formula is C16H19ClN2O4. The van der Waals surface area contributed by atoms with Crippen LogP contribution in [0, 0.1) is 12.3 Å². The van der Waals surface area contributed by atoms with Crippen molar-refractivity contribution in [3.8, 4) is 0 Å². The van der Waals surface area contributed by atoms with E-state index in [1.54, 1.807) is 25.1 Å². The van der Waals surface area contributed by atoms with Crippen LogP contribution in [0.4, 0.5) is 5.69 Å². The second kappa shape index (κ2) is 6.31. The number of hydrogen-bond acceptors (Lipinski definition) is 5. The Labute approximate surface area is 139 Å². The zero-order valence-electron chi connectivity index (χ0n) is 12.8. The van der Waals surface area contributed by atoms with Gasteiger partial charge in [-0.15, -0.1) is 0 Å². The van der Waals surface area contributed by atoms with E-state index in [1.807, 2.05) is 0 Å². The number of nitrogens with one attached hydrogen (secondary N) is 1. The molecule has 4 N–H and O–H groups in total. The van der Waals surface area contributed by atoms with Crippen LogP contribution in [-0.2, 0) is 4.79 Å². The normalized spacial score (nSPS) is 23.8. The SMILES string of the molecule is CCC(O)(O)C1(C(=O)O)C=CC=NC1Nc1cccc(Cl)c1C. The number of dihydropyridines is 1. The number of benzene rings is 1. The molecule has 0 spiro atoms. The van der Waals surface area contributed by atoms with Crippen molar-refractivity contribution in [3.05, 3.63) is 40.9 Å². The summed E-state index contributed by atoms with van der Waals surface area (Å²) in [5.74, 6) is -3.85. The number of halogens is 1. The lowest BCUT2D eigenvalue weighted by atomic mass is 9.73. The predicted molar refractivity (Wildman–Crippen MR) is 88.8 cm³/mol. The summed E-state index contributed by atoms with van der Waals surface area (Å²) in [7, 11) is 0. The number of hydrogen-bond donors (Lipinski definition) is 4. The second-order valence-corrected chi connectivity index (χ2v) is 5.87. The number of aliphatic hydroxyl groups is 2. The van der Waals surface area contributed by atoms with Crippen LogP contribution in [0.2, 0.25) is 5.02 Å². The molecule has 1 aromatic rings. The minimum Gasteiger partial charge on any atom is -0.480 e. The van der Waals surface area contributed by atoms with E-state index in [0.717, 1.165) is 5.56 Å². The average molecular weight is 339 g/mol. The number of carbonyl (C=O) groups is 1. The van der Waals surface area contributed by atoms with Crippen LogP contribution in [0.5, 0.6) is 0 Å². The van der Waals surface area contributed by atoms with Gasteiger partial charge in [-0.25, -0.2) is 0 Å². The fourth-order valence-electron chi connectivity index (χ4n) is 2.61. The maximum atomic E-state index is 11.9. The first kappa shape index (κ1) is 17.5. The van der Waals surface area contributed by atoms with Gasteiger partial charge in [0.1, 0.15) is 6.17 Å². The van der Waals surface area contributed by atoms with Gasteiger partial charge in [-0.1, -0.05) is 30.7 Å². The summed E-state index contributed by atoms with van der Waals surface area (Å²) < 4.78 is 0. The molecule has 6 nitrogen and oxygen atoms in total. The Morgan fingerprint density at radius 2 is 2.17 bits per heavy atom. The van der Waals surface area contributed by atoms with Crippen LogP contribution < -0.4 is 5.32 Å². The zero-order chi connectivity index (χ0) is 17.3. The summed E-state index contributed by atoms with van der Waals surface area (Å²) in [5, 5.41) is 33.8. The third-order valence-electron chi connectivity index (χ3n) is 4.18. The van der Waals surface area contributed by atoms with Gasteiger partial charge in [-0.05, 0) is 37.1 Å². The van der Waals surface area contributed by atoms with Crippen LogP contribution >= 0.6 is 11.6 Å². The maximum absolute atomic E-state index is 11.9. The van der Waals surface area contributed by atoms with Crippen molar-refractivity contribution >= 4 is 29.5 Å². The molecule has 7 heteroatoms. The summed E-state index contributed by atoms with van der Waals surface area (Å²) in [6.45, 7) is 3.28. The fourth-order valence-corrected chi connectivity index (χ4v) is 2.78. The van der Waals surface area contributed by atoms with Crippen molar-refractivity contribution in [3.63, 3.8) is 0 Å². The fraction of sp³-hybridized carbons (Fsp3) is 0.375. The number of anilines is 1. The zero-order valence-corrected chi connectivity index (χ0v) is 13.6. The third-order valence-corrected chi connectivity index (χ3v) is 4.59. The number of nitrogens with zero attached hydrogens (tertiary/aromatic N) is 1. The molecule has 1 heterocycles. The Hall–Kier alpha value is -1.89. The molecule has 0 fully saturated rings. The molecule has 0 saturated carbocycles. The highest BCUT2D eigenvalue weighted by molar-refractivity contribution is 6.31. The lowest BCUT2D eigenvalue weighted by molar-refractivity contribution is -0.237. The Kier molecular flexibility index (Phi) is 4.79. The van der Waals surface area contributed by atoms with Gasteiger partial charge in [0.15, 0.2) is 11.2 Å². The Morgan fingerprint density at radius 3 is 2.78 bits per heavy atom. The molecule has 1 aromatic carbocycles. The van der Waals surface area contributed by atoms with Crippen LogP contribution in [-0.4, -0.2) is 39.5 Å². The molecule has 1 aliphatic heterocycles. The topological polar surface area (TPSA) is 102 Å². The molecule has 0 aromatic heterocycles. The van der Waals surface area contributed by atoms with E-state index in [-0.39, 0.29) is 6.42 Å². The molecular weight excluding hydrogens is 320 g/mol. The first-order valence-electron chi connectivity index (χ1n) is 7.17. The van der Waals surface area contributed by atoms with E-state index in [2.05, 4.69) is 10.3 Å². The number of carboxylic acid groups (broad SMARTS) is 1. The predicted octanol–water partition coefficient (Wildman–Crippen LogP) is 2.19. The number of aliphatic carboxylic acids is 1. The van der Waals surface area contributed by atoms with Gasteiger partial charge in [-0.2, -0.15) is 0 Å². The Balaban J connectivity index is 2.50. The molecule has 23 heavy (non-hydrogen) atoms. The maximum Gasteiger partial charge on any atom is 0.323 e. The lowest BCUT2D eigenvalue weighted by Gasteiger charge is -2.43. The van der Waals surface area contributed by atoms with Gasteiger partial charge in [0.05, 0.1) is 0 Å². The van der Waals surface area contributed by atoms with Gasteiger partial charge in [0, 0.05) is 16.9 Å². The second-order valence-electron chi connectivity index (χ2n) is 5.46. The van der Waals surface area contributed by atoms with E-state index in [0.29, 0.717) is 10.7 Å². The molecule has 2 rings (SSSR count). The summed E-state index contributed by atoms with van der Waals surface area (Å²) in [4.78, 5) is 16.0. The summed E-state index contributed by atoms with van der Waals surface area (Å²) >= 11 is 6.07. The van der Waals surface area contributed by atoms with E-state index < -0.39 is 23.3 Å². The van der Waals surface area contributed by atoms with E-state index in [9.17, 15) is 20.1 Å². The standard InChI is InChI=1S/C16H19ClN2O4/c1-3-16(22,23)15(14(20)21)8-5-9-18-13(15)19-12-7-4-6-11(17)10(12)2/h4-9,13,19,22-23H,3H2,1-2H3,(H,20,21). The third kappa shape index (κ3) is 2.85. The molecule has 0 bridgehead atoms. The molecule has 0 amide bonds. The van der Waals surface area contributed by atoms with Crippen molar-refractivity contribution < 1.29 is 20.1 Å². The number of carboxylic acids is 1. The summed E-state index contributed by atoms with van der Waals surface area (Å²) in [6, 6.07) is 5.16. The van der Waals surface area contributed by atoms with Crippen LogP contribution in [0.3, 0.4) is 0 Å². The van der Waals surface area contributed by atoms with Gasteiger partial charge in [-0.3, -0.25) is 9.79 Å². The van der Waals surface area contributed by atoms with Crippen LogP contribution in [0.15, 0.2) is 35.3 Å². The molecule has 2 unspecified atom stereocenters. The highest BCUT2D eigenvalue weighted by Crippen LogP contribution is 2.41. The molecule has 2 atom stereocenters. The highest BCUT2D eigenvalue weighted by Gasteiger charge is 2.59. The average Bonchev–Trinajstić information content (AvgIpc) is 2.52. The van der Waals surface area contributed by atoms with Gasteiger partial charge in [0.25, 0.3) is 0 Å². The van der Waals surface area contributed by atoms with E-state index >= 15 is 0 Å². The van der Waals surface area contributed by atoms with E-state index in [1.165, 1.54) is 25.3 Å². The van der Waals surface area contributed by atoms with Crippen LogP contribution in [0.25, 0.3) is 0 Å². The van der Waals surface area contributed by atoms with Gasteiger partial charge >= 0.3 is 5.97 Å². The summed E-state index contributed by atoms with van der Waals surface area (Å²) in [5.41, 5.74) is -0.728. The minimum absolute atomic E-state index is 0.175. The van der Waals surface area contributed by atoms with Crippen molar-refractivity contribution in [2.75, 3.05) is 5.32 Å². The van der Waals surface area contributed by atoms with E-state index in [4.69, 9.17) is 11.6 Å². The molecule has 1 aliphatic rings. The van der Waals surface area contributed by atoms with Gasteiger partial charge in [0.2, 0.25) is 0 Å². The molecule has 0 saturated heterocycles. The lowest BCUT2D eigenvalue weighted by Crippen LogP contribution is -2.60. The van der Waals surface area contributed by atoms with Crippen molar-refractivity contribution in [1.29, 1.82) is 0 Å². The molecule has 124 valence electrons. The quantitative estimate of drug-likeness (QED) is 0.616. The first-order chi connectivity index (χ1) is 10.8. The first-order valence-corrected chi connectivity index (χ1v) is 7.55. The van der Waals surface area contributed by atoms with Gasteiger partial charge < -0.3 is 20.6 Å². The Morgan fingerprint density at radius 1 is 1.48 bits per heavy atom. The molecule has 0 aliphatic carbocycles. The smallest absolute Gasteiger partial charge is 0.323 e.